The summed E-state index contributed by atoms with van der Waals surface area (Å²) >= 11 is 0. The van der Waals surface area contributed by atoms with Crippen LogP contribution in [0.3, 0.4) is 0 Å². The molecule has 0 aromatic carbocycles. The zero-order chi connectivity index (χ0) is 14.7. The third-order valence-electron chi connectivity index (χ3n) is 1.96. The highest BCUT2D eigenvalue weighted by molar-refractivity contribution is 7.95. The van der Waals surface area contributed by atoms with Crippen LogP contribution in [0.5, 0.6) is 0 Å². The molecule has 0 radical (unpaired) electrons. The lowest BCUT2D eigenvalue weighted by molar-refractivity contribution is 0.290. The minimum atomic E-state index is -3.35. The number of allylic oxidation sites excluding steroid dienone is 7. The average Bonchev–Trinajstić information content (AvgIpc) is 2.31. The van der Waals surface area contributed by atoms with E-state index in [0.717, 1.165) is 18.0 Å². The average molecular weight is 281 g/mol. The van der Waals surface area contributed by atoms with E-state index in [9.17, 15) is 8.42 Å². The molecule has 0 atom stereocenters. The summed E-state index contributed by atoms with van der Waals surface area (Å²) < 4.78 is 27.4. The normalized spacial score (nSPS) is 14.0. The third kappa shape index (κ3) is 8.79. The monoisotopic (exact) mass is 281 g/mol. The maximum atomic E-state index is 11.1. The van der Waals surface area contributed by atoms with Crippen molar-refractivity contribution >= 4 is 16.1 Å². The van der Waals surface area contributed by atoms with Gasteiger partial charge in [-0.1, -0.05) is 30.4 Å². The van der Waals surface area contributed by atoms with Crippen molar-refractivity contribution in [3.05, 3.63) is 59.8 Å². The first kappa shape index (κ1) is 17.1. The molecule has 0 aliphatic carbocycles. The number of ether oxygens (including phenoxy) is 1. The fourth-order valence-corrected chi connectivity index (χ4v) is 1.59. The summed E-state index contributed by atoms with van der Waals surface area (Å²) in [6.45, 7) is 5.91. The molecule has 0 aromatic heterocycles. The highest BCUT2D eigenvalue weighted by atomic mass is 32.2. The van der Waals surface area contributed by atoms with Crippen LogP contribution in [0.4, 0.5) is 0 Å². The summed E-state index contributed by atoms with van der Waals surface area (Å²) in [6.07, 6.45) is 13.3. The maximum Gasteiger partial charge on any atom is 0.177 e. The summed E-state index contributed by atoms with van der Waals surface area (Å²) in [5.74, 6) is 0. The molecule has 0 aliphatic rings. The molecule has 0 rings (SSSR count). The first-order valence-electron chi connectivity index (χ1n) is 5.56. The molecule has 19 heavy (non-hydrogen) atoms. The number of hydrogen-bond acceptors (Lipinski definition) is 4. The van der Waals surface area contributed by atoms with Crippen LogP contribution in [0, 0.1) is 5.41 Å². The predicted molar refractivity (Wildman–Crippen MR) is 79.9 cm³/mol. The van der Waals surface area contributed by atoms with E-state index in [0.29, 0.717) is 6.61 Å². The van der Waals surface area contributed by atoms with Crippen LogP contribution in [0.25, 0.3) is 0 Å². The fourth-order valence-electron chi connectivity index (χ4n) is 1.05. The van der Waals surface area contributed by atoms with Gasteiger partial charge in [-0.3, -0.25) is 0 Å². The van der Waals surface area contributed by atoms with Gasteiger partial charge in [0.05, 0.1) is 11.2 Å². The van der Waals surface area contributed by atoms with Gasteiger partial charge in [-0.2, -0.15) is 0 Å². The van der Waals surface area contributed by atoms with Crippen molar-refractivity contribution in [3.63, 3.8) is 0 Å². The maximum absolute atomic E-state index is 11.1. The Morgan fingerprint density at radius 2 is 2.05 bits per heavy atom. The van der Waals surface area contributed by atoms with Crippen molar-refractivity contribution in [2.24, 2.45) is 0 Å². The first-order chi connectivity index (χ1) is 8.91. The minimum absolute atomic E-state index is 0.0624. The van der Waals surface area contributed by atoms with E-state index in [1.807, 2.05) is 25.2 Å². The molecule has 5 heteroatoms. The first-order valence-corrected chi connectivity index (χ1v) is 7.45. The van der Waals surface area contributed by atoms with Crippen molar-refractivity contribution < 1.29 is 13.2 Å². The zero-order valence-electron chi connectivity index (χ0n) is 11.2. The Balaban J connectivity index is 4.26. The fraction of sp³-hybridized carbons (Fsp3) is 0.214. The number of nitrogens with one attached hydrogen (secondary N) is 1. The Labute approximate surface area is 114 Å². The summed E-state index contributed by atoms with van der Waals surface area (Å²) in [5, 5.41) is 6.98. The summed E-state index contributed by atoms with van der Waals surface area (Å²) in [5.41, 5.74) is 1.06. The number of rotatable bonds is 8. The van der Waals surface area contributed by atoms with Crippen LogP contribution in [0.15, 0.2) is 59.8 Å². The van der Waals surface area contributed by atoms with Crippen molar-refractivity contribution in [2.75, 3.05) is 12.9 Å². The molecule has 0 fully saturated rings. The lowest BCUT2D eigenvalue weighted by Crippen LogP contribution is -2.00. The Morgan fingerprint density at radius 1 is 1.37 bits per heavy atom. The molecule has 0 saturated carbocycles. The van der Waals surface area contributed by atoms with Gasteiger partial charge < -0.3 is 10.1 Å². The topological polar surface area (TPSA) is 67.2 Å². The van der Waals surface area contributed by atoms with E-state index >= 15 is 0 Å². The molecule has 0 unspecified atom stereocenters. The molecule has 4 nitrogen and oxygen atoms in total. The molecule has 0 bridgehead atoms. The summed E-state index contributed by atoms with van der Waals surface area (Å²) in [7, 11) is -3.35. The van der Waals surface area contributed by atoms with Gasteiger partial charge in [0.25, 0.3) is 0 Å². The van der Waals surface area contributed by atoms with Crippen LogP contribution in [0.2, 0.25) is 0 Å². The van der Waals surface area contributed by atoms with Crippen LogP contribution in [-0.4, -0.2) is 27.5 Å². The van der Waals surface area contributed by atoms with Gasteiger partial charge in [-0.05, 0) is 25.2 Å². The second-order valence-electron chi connectivity index (χ2n) is 3.70. The number of hydrogen-bond donors (Lipinski definition) is 1. The van der Waals surface area contributed by atoms with Crippen molar-refractivity contribution in [1.82, 2.24) is 0 Å². The molecule has 104 valence electrons. The molecule has 0 spiro atoms. The quantitative estimate of drug-likeness (QED) is 0.322. The molecule has 0 aromatic rings. The van der Waals surface area contributed by atoms with E-state index in [-0.39, 0.29) is 4.91 Å². The zero-order valence-corrected chi connectivity index (χ0v) is 12.0. The van der Waals surface area contributed by atoms with Crippen molar-refractivity contribution in [1.29, 1.82) is 5.41 Å². The SMILES string of the molecule is C=C/C=C(C)\C=C/CO/C=C/C=C(\C=N)S(C)(=O)=O. The summed E-state index contributed by atoms with van der Waals surface area (Å²) in [4.78, 5) is -0.0624. The molecular formula is C14H19NO3S. The third-order valence-corrected chi connectivity index (χ3v) is 3.07. The highest BCUT2D eigenvalue weighted by Crippen LogP contribution is 2.01. The Bertz CT molecular complexity index is 523. The van der Waals surface area contributed by atoms with Gasteiger partial charge >= 0.3 is 0 Å². The number of sulfone groups is 1. The van der Waals surface area contributed by atoms with Crippen LogP contribution in [-0.2, 0) is 14.6 Å². The smallest absolute Gasteiger partial charge is 0.177 e. The van der Waals surface area contributed by atoms with E-state index in [1.54, 1.807) is 6.08 Å². The highest BCUT2D eigenvalue weighted by Gasteiger charge is 2.05. The van der Waals surface area contributed by atoms with E-state index in [2.05, 4.69) is 6.58 Å². The molecule has 0 saturated heterocycles. The van der Waals surface area contributed by atoms with Gasteiger partial charge in [0, 0.05) is 12.5 Å². The van der Waals surface area contributed by atoms with Gasteiger partial charge in [0.1, 0.15) is 6.61 Å². The van der Waals surface area contributed by atoms with Crippen molar-refractivity contribution in [3.8, 4) is 0 Å². The van der Waals surface area contributed by atoms with Crippen LogP contribution < -0.4 is 0 Å². The van der Waals surface area contributed by atoms with Crippen LogP contribution in [0.1, 0.15) is 6.92 Å². The lowest BCUT2D eigenvalue weighted by atomic mass is 10.2. The van der Waals surface area contributed by atoms with E-state index in [4.69, 9.17) is 10.1 Å². The Hall–Kier alpha value is -1.88. The van der Waals surface area contributed by atoms with E-state index < -0.39 is 9.84 Å². The second kappa shape index (κ2) is 9.10. The van der Waals surface area contributed by atoms with Gasteiger partial charge in [-0.15, -0.1) is 0 Å². The summed E-state index contributed by atoms with van der Waals surface area (Å²) in [6, 6.07) is 0. The molecule has 0 aliphatic heterocycles. The van der Waals surface area contributed by atoms with Crippen molar-refractivity contribution in [2.45, 2.75) is 6.92 Å². The standard InChI is InChI=1S/C14H19NO3S/c1-4-7-13(2)8-5-10-18-11-6-9-14(12-15)19(3,16)17/h4-9,11-12,15H,1,10H2,2-3H3/b8-5-,11-6+,13-7-,14-9+,15-12?. The largest absolute Gasteiger partial charge is 0.497 e. The van der Waals surface area contributed by atoms with Gasteiger partial charge in [-0.25, -0.2) is 8.42 Å². The van der Waals surface area contributed by atoms with E-state index in [1.165, 1.54) is 18.4 Å². The predicted octanol–water partition coefficient (Wildman–Crippen LogP) is 2.78. The van der Waals surface area contributed by atoms with Gasteiger partial charge in [0.15, 0.2) is 9.84 Å². The Kier molecular flexibility index (Phi) is 8.20. The molecular weight excluding hydrogens is 262 g/mol. The van der Waals surface area contributed by atoms with Crippen LogP contribution >= 0.6 is 0 Å². The molecule has 0 heterocycles. The second-order valence-corrected chi connectivity index (χ2v) is 5.71. The Morgan fingerprint density at radius 3 is 2.58 bits per heavy atom. The molecule has 1 N–H and O–H groups in total. The molecule has 0 amide bonds. The lowest BCUT2D eigenvalue weighted by Gasteiger charge is -1.95. The van der Waals surface area contributed by atoms with Gasteiger partial charge in [0.2, 0.25) is 0 Å². The minimum Gasteiger partial charge on any atom is -0.497 e.